The van der Waals surface area contributed by atoms with Crippen molar-refractivity contribution in [3.63, 3.8) is 0 Å². The quantitative estimate of drug-likeness (QED) is 0.682. The number of nitrogens with zero attached hydrogens (tertiary/aromatic N) is 1. The topological polar surface area (TPSA) is 78.6 Å². The first-order chi connectivity index (χ1) is 8.02. The van der Waals surface area contributed by atoms with Crippen molar-refractivity contribution in [3.05, 3.63) is 23.2 Å². The highest BCUT2D eigenvalue weighted by Crippen LogP contribution is 2.22. The van der Waals surface area contributed by atoms with Crippen LogP contribution in [-0.2, 0) is 4.79 Å². The van der Waals surface area contributed by atoms with Crippen LogP contribution in [0.5, 0.6) is 0 Å². The van der Waals surface area contributed by atoms with Gasteiger partial charge in [0.15, 0.2) is 0 Å². The van der Waals surface area contributed by atoms with Gasteiger partial charge in [0.05, 0.1) is 24.5 Å². The second-order valence-electron chi connectivity index (χ2n) is 3.74. The molecule has 1 aromatic carbocycles. The maximum absolute atomic E-state index is 11.6. The van der Waals surface area contributed by atoms with Gasteiger partial charge in [0.1, 0.15) is 0 Å². The summed E-state index contributed by atoms with van der Waals surface area (Å²) in [6.45, 7) is 0.647. The van der Waals surface area contributed by atoms with E-state index in [1.54, 1.807) is 30.1 Å². The van der Waals surface area contributed by atoms with Crippen LogP contribution in [0.3, 0.4) is 0 Å². The Bertz CT molecular complexity index is 398. The summed E-state index contributed by atoms with van der Waals surface area (Å²) in [6, 6.07) is 4.89. The number of nitrogens with one attached hydrogen (secondary N) is 1. The van der Waals surface area contributed by atoms with Crippen molar-refractivity contribution < 1.29 is 9.90 Å². The molecule has 0 aromatic heterocycles. The highest BCUT2D eigenvalue weighted by Gasteiger charge is 2.08. The number of anilines is 2. The van der Waals surface area contributed by atoms with Crippen molar-refractivity contribution in [2.45, 2.75) is 0 Å². The number of nitrogens with two attached hydrogens (primary N) is 1. The molecule has 94 valence electrons. The van der Waals surface area contributed by atoms with Gasteiger partial charge in [-0.2, -0.15) is 0 Å². The number of aliphatic hydroxyl groups excluding tert-OH is 1. The van der Waals surface area contributed by atoms with Gasteiger partial charge in [-0.05, 0) is 25.2 Å². The number of likely N-dealkylation sites (N-methyl/N-ethyl adjacent to an activating group) is 1. The summed E-state index contributed by atoms with van der Waals surface area (Å²) in [5, 5.41) is 11.9. The number of carbonyl (C=O) groups is 1. The summed E-state index contributed by atoms with van der Waals surface area (Å²) >= 11 is 5.81. The van der Waals surface area contributed by atoms with Crippen LogP contribution >= 0.6 is 11.6 Å². The number of benzene rings is 1. The number of hydrogen-bond donors (Lipinski definition) is 3. The Morgan fingerprint density at radius 3 is 2.94 bits per heavy atom. The SMILES string of the molecule is CN(CCO)CC(=O)Nc1cc(Cl)ccc1N. The molecule has 0 radical (unpaired) electrons. The average Bonchev–Trinajstić information content (AvgIpc) is 2.23. The van der Waals surface area contributed by atoms with Crippen LogP contribution in [-0.4, -0.2) is 42.7 Å². The summed E-state index contributed by atoms with van der Waals surface area (Å²) in [6.07, 6.45) is 0. The highest BCUT2D eigenvalue weighted by molar-refractivity contribution is 6.31. The summed E-state index contributed by atoms with van der Waals surface area (Å²) in [5.74, 6) is -0.199. The lowest BCUT2D eigenvalue weighted by molar-refractivity contribution is -0.117. The molecule has 0 saturated heterocycles. The van der Waals surface area contributed by atoms with Crippen molar-refractivity contribution in [2.75, 3.05) is 37.8 Å². The van der Waals surface area contributed by atoms with E-state index < -0.39 is 0 Å². The zero-order chi connectivity index (χ0) is 12.8. The molecule has 6 heteroatoms. The van der Waals surface area contributed by atoms with Gasteiger partial charge in [-0.3, -0.25) is 9.69 Å². The summed E-state index contributed by atoms with van der Waals surface area (Å²) < 4.78 is 0. The van der Waals surface area contributed by atoms with Gasteiger partial charge in [-0.1, -0.05) is 11.6 Å². The fourth-order valence-electron chi connectivity index (χ4n) is 1.32. The zero-order valence-corrected chi connectivity index (χ0v) is 10.4. The normalized spacial score (nSPS) is 10.6. The number of amides is 1. The van der Waals surface area contributed by atoms with Gasteiger partial charge in [0.2, 0.25) is 5.91 Å². The predicted octanol–water partition coefficient (Wildman–Crippen LogP) is 0.785. The lowest BCUT2D eigenvalue weighted by Gasteiger charge is -2.15. The third-order valence-corrected chi connectivity index (χ3v) is 2.42. The minimum atomic E-state index is -0.199. The first kappa shape index (κ1) is 13.8. The predicted molar refractivity (Wildman–Crippen MR) is 69.1 cm³/mol. The van der Waals surface area contributed by atoms with Crippen LogP contribution < -0.4 is 11.1 Å². The molecule has 0 bridgehead atoms. The van der Waals surface area contributed by atoms with E-state index in [-0.39, 0.29) is 19.1 Å². The molecule has 0 heterocycles. The molecule has 0 aliphatic rings. The number of nitrogen functional groups attached to an aromatic ring is 1. The van der Waals surface area contributed by atoms with Crippen LogP contribution in [0.4, 0.5) is 11.4 Å². The van der Waals surface area contributed by atoms with Crippen LogP contribution in [0.1, 0.15) is 0 Å². The molecule has 1 rings (SSSR count). The van der Waals surface area contributed by atoms with E-state index in [4.69, 9.17) is 22.4 Å². The van der Waals surface area contributed by atoms with E-state index in [9.17, 15) is 4.79 Å². The fourth-order valence-corrected chi connectivity index (χ4v) is 1.49. The molecule has 0 unspecified atom stereocenters. The third kappa shape index (κ3) is 4.60. The number of hydrogen-bond acceptors (Lipinski definition) is 4. The number of aliphatic hydroxyl groups is 1. The smallest absolute Gasteiger partial charge is 0.238 e. The number of carbonyl (C=O) groups excluding carboxylic acids is 1. The molecular weight excluding hydrogens is 242 g/mol. The molecule has 0 aliphatic heterocycles. The summed E-state index contributed by atoms with van der Waals surface area (Å²) in [5.41, 5.74) is 6.67. The first-order valence-electron chi connectivity index (χ1n) is 5.17. The molecule has 17 heavy (non-hydrogen) atoms. The fraction of sp³-hybridized carbons (Fsp3) is 0.364. The number of halogens is 1. The monoisotopic (exact) mass is 257 g/mol. The molecule has 1 aromatic rings. The van der Waals surface area contributed by atoms with Crippen molar-refractivity contribution in [1.29, 1.82) is 0 Å². The lowest BCUT2D eigenvalue weighted by Crippen LogP contribution is -2.32. The van der Waals surface area contributed by atoms with Gasteiger partial charge >= 0.3 is 0 Å². The maximum Gasteiger partial charge on any atom is 0.238 e. The molecule has 0 fully saturated rings. The maximum atomic E-state index is 11.6. The van der Waals surface area contributed by atoms with Crippen molar-refractivity contribution in [1.82, 2.24) is 4.90 Å². The van der Waals surface area contributed by atoms with Crippen LogP contribution in [0, 0.1) is 0 Å². The standard InChI is InChI=1S/C11H16ClN3O2/c1-15(4-5-16)7-11(17)14-10-6-8(12)2-3-9(10)13/h2-3,6,16H,4-5,7,13H2,1H3,(H,14,17). The van der Waals surface area contributed by atoms with E-state index in [0.29, 0.717) is 22.9 Å². The van der Waals surface area contributed by atoms with Crippen LogP contribution in [0.15, 0.2) is 18.2 Å². The van der Waals surface area contributed by atoms with Gasteiger partial charge in [0.25, 0.3) is 0 Å². The summed E-state index contributed by atoms with van der Waals surface area (Å²) in [7, 11) is 1.75. The van der Waals surface area contributed by atoms with Gasteiger partial charge in [0, 0.05) is 11.6 Å². The molecule has 1 amide bonds. The van der Waals surface area contributed by atoms with E-state index in [2.05, 4.69) is 5.32 Å². The second kappa shape index (κ2) is 6.44. The minimum absolute atomic E-state index is 0.0169. The van der Waals surface area contributed by atoms with E-state index >= 15 is 0 Å². The molecular formula is C11H16ClN3O2. The van der Waals surface area contributed by atoms with Crippen molar-refractivity contribution in [2.24, 2.45) is 0 Å². The highest BCUT2D eigenvalue weighted by atomic mass is 35.5. The molecule has 0 saturated carbocycles. The van der Waals surface area contributed by atoms with Crippen LogP contribution in [0.2, 0.25) is 5.02 Å². The molecule has 0 atom stereocenters. The third-order valence-electron chi connectivity index (χ3n) is 2.18. The Hall–Kier alpha value is -1.30. The van der Waals surface area contributed by atoms with Crippen molar-refractivity contribution >= 4 is 28.9 Å². The minimum Gasteiger partial charge on any atom is -0.397 e. The molecule has 0 aliphatic carbocycles. The lowest BCUT2D eigenvalue weighted by atomic mass is 10.2. The second-order valence-corrected chi connectivity index (χ2v) is 4.18. The van der Waals surface area contributed by atoms with Crippen LogP contribution in [0.25, 0.3) is 0 Å². The Balaban J connectivity index is 2.58. The molecule has 0 spiro atoms. The van der Waals surface area contributed by atoms with Gasteiger partial charge in [-0.25, -0.2) is 0 Å². The Morgan fingerprint density at radius 1 is 1.59 bits per heavy atom. The largest absolute Gasteiger partial charge is 0.397 e. The average molecular weight is 258 g/mol. The van der Waals surface area contributed by atoms with E-state index in [1.807, 2.05) is 0 Å². The van der Waals surface area contributed by atoms with E-state index in [1.165, 1.54) is 0 Å². The van der Waals surface area contributed by atoms with E-state index in [0.717, 1.165) is 0 Å². The van der Waals surface area contributed by atoms with Gasteiger partial charge < -0.3 is 16.2 Å². The van der Waals surface area contributed by atoms with Crippen molar-refractivity contribution in [3.8, 4) is 0 Å². The van der Waals surface area contributed by atoms with Gasteiger partial charge in [-0.15, -0.1) is 0 Å². The summed E-state index contributed by atoms with van der Waals surface area (Å²) in [4.78, 5) is 13.3. The first-order valence-corrected chi connectivity index (χ1v) is 5.55. The Kier molecular flexibility index (Phi) is 5.21. The Labute approximate surface area is 105 Å². The Morgan fingerprint density at radius 2 is 2.29 bits per heavy atom. The molecule has 4 N–H and O–H groups in total. The zero-order valence-electron chi connectivity index (χ0n) is 9.61. The number of rotatable bonds is 5. The molecule has 5 nitrogen and oxygen atoms in total.